The highest BCUT2D eigenvalue weighted by Crippen LogP contribution is 2.36. The molecule has 2 aromatic carbocycles. The first-order valence-electron chi connectivity index (χ1n) is 9.82. The van der Waals surface area contributed by atoms with Crippen molar-refractivity contribution in [1.29, 1.82) is 0 Å². The number of nitrogens with zero attached hydrogens (tertiary/aromatic N) is 3. The van der Waals surface area contributed by atoms with Crippen molar-refractivity contribution in [2.75, 3.05) is 13.1 Å². The van der Waals surface area contributed by atoms with Crippen molar-refractivity contribution in [3.05, 3.63) is 71.4 Å². The number of aryl methyl sites for hydroxylation is 1. The normalized spacial score (nSPS) is 11.3. The molecular weight excluding hydrogens is 407 g/mol. The summed E-state index contributed by atoms with van der Waals surface area (Å²) in [6.07, 6.45) is -4.46. The van der Waals surface area contributed by atoms with Gasteiger partial charge in [0.05, 0.1) is 11.3 Å². The third kappa shape index (κ3) is 5.20. The van der Waals surface area contributed by atoms with Crippen LogP contribution in [0.25, 0.3) is 11.1 Å². The van der Waals surface area contributed by atoms with Gasteiger partial charge in [0.25, 0.3) is 5.91 Å². The predicted octanol–water partition coefficient (Wildman–Crippen LogP) is 5.75. The lowest BCUT2D eigenvalue weighted by Gasteiger charge is -2.18. The lowest BCUT2D eigenvalue weighted by atomic mass is 10.0. The van der Waals surface area contributed by atoms with Crippen molar-refractivity contribution in [2.45, 2.75) is 26.9 Å². The number of alkyl halides is 3. The number of benzene rings is 2. The van der Waals surface area contributed by atoms with Crippen LogP contribution in [0.2, 0.25) is 0 Å². The van der Waals surface area contributed by atoms with Gasteiger partial charge in [-0.2, -0.15) is 18.3 Å². The summed E-state index contributed by atoms with van der Waals surface area (Å²) in [7, 11) is 0. The second kappa shape index (κ2) is 9.16. The van der Waals surface area contributed by atoms with Gasteiger partial charge in [0.1, 0.15) is 5.75 Å². The van der Waals surface area contributed by atoms with E-state index in [-0.39, 0.29) is 11.8 Å². The Kier molecular flexibility index (Phi) is 6.58. The van der Waals surface area contributed by atoms with E-state index in [9.17, 15) is 18.0 Å². The van der Waals surface area contributed by atoms with Crippen LogP contribution >= 0.6 is 0 Å². The number of amides is 1. The largest absolute Gasteiger partial charge is 0.437 e. The fourth-order valence-electron chi connectivity index (χ4n) is 3.09. The molecule has 1 amide bonds. The molecular formula is C23H22F3N3O2. The van der Waals surface area contributed by atoms with Gasteiger partial charge in [-0.25, -0.2) is 0 Å². The van der Waals surface area contributed by atoms with Crippen molar-refractivity contribution in [3.63, 3.8) is 0 Å². The number of ether oxygens (including phenoxy) is 1. The van der Waals surface area contributed by atoms with Crippen LogP contribution < -0.4 is 4.74 Å². The van der Waals surface area contributed by atoms with Crippen LogP contribution in [0.15, 0.2) is 54.6 Å². The Morgan fingerprint density at radius 2 is 1.68 bits per heavy atom. The number of halogens is 3. The SMILES string of the molecule is CCN(CC)C(=O)c1ccc(Oc2nnc(C)cc2-c2cccc(C(F)(F)F)c2)cc1. The van der Waals surface area contributed by atoms with E-state index in [1.54, 1.807) is 48.2 Å². The number of hydrogen-bond acceptors (Lipinski definition) is 4. The summed E-state index contributed by atoms with van der Waals surface area (Å²) in [4.78, 5) is 14.1. The zero-order valence-electron chi connectivity index (χ0n) is 17.4. The molecule has 5 nitrogen and oxygen atoms in total. The summed E-state index contributed by atoms with van der Waals surface area (Å²) in [5.41, 5.74) is 1.01. The summed E-state index contributed by atoms with van der Waals surface area (Å²) >= 11 is 0. The predicted molar refractivity (Wildman–Crippen MR) is 111 cm³/mol. The molecule has 1 heterocycles. The maximum absolute atomic E-state index is 13.1. The quantitative estimate of drug-likeness (QED) is 0.501. The molecule has 8 heteroatoms. The van der Waals surface area contributed by atoms with E-state index in [0.29, 0.717) is 41.2 Å². The topological polar surface area (TPSA) is 55.3 Å². The number of carbonyl (C=O) groups excluding carboxylic acids is 1. The maximum Gasteiger partial charge on any atom is 0.416 e. The Morgan fingerprint density at radius 1 is 1.00 bits per heavy atom. The smallest absolute Gasteiger partial charge is 0.416 e. The Morgan fingerprint density at radius 3 is 2.29 bits per heavy atom. The van der Waals surface area contributed by atoms with E-state index in [4.69, 9.17) is 4.74 Å². The molecule has 0 saturated heterocycles. The van der Waals surface area contributed by atoms with Gasteiger partial charge >= 0.3 is 6.18 Å². The van der Waals surface area contributed by atoms with Crippen molar-refractivity contribution >= 4 is 5.91 Å². The molecule has 0 bridgehead atoms. The molecule has 0 spiro atoms. The van der Waals surface area contributed by atoms with Crippen molar-refractivity contribution in [2.24, 2.45) is 0 Å². The molecule has 3 rings (SSSR count). The minimum atomic E-state index is -4.46. The summed E-state index contributed by atoms with van der Waals surface area (Å²) in [6.45, 7) is 6.72. The van der Waals surface area contributed by atoms with Crippen molar-refractivity contribution < 1.29 is 22.7 Å². The van der Waals surface area contributed by atoms with Gasteiger partial charge in [-0.15, -0.1) is 5.10 Å². The molecule has 0 radical (unpaired) electrons. The van der Waals surface area contributed by atoms with Crippen LogP contribution in [-0.2, 0) is 6.18 Å². The highest BCUT2D eigenvalue weighted by Gasteiger charge is 2.30. The zero-order chi connectivity index (χ0) is 22.6. The van der Waals surface area contributed by atoms with Crippen LogP contribution in [0.5, 0.6) is 11.6 Å². The van der Waals surface area contributed by atoms with Crippen LogP contribution in [0, 0.1) is 6.92 Å². The lowest BCUT2D eigenvalue weighted by Crippen LogP contribution is -2.30. The highest BCUT2D eigenvalue weighted by atomic mass is 19.4. The van der Waals surface area contributed by atoms with Crippen molar-refractivity contribution in [3.8, 4) is 22.8 Å². The summed E-state index contributed by atoms with van der Waals surface area (Å²) in [6, 6.07) is 13.1. The first-order chi connectivity index (χ1) is 14.7. The summed E-state index contributed by atoms with van der Waals surface area (Å²) in [5, 5.41) is 7.99. The lowest BCUT2D eigenvalue weighted by molar-refractivity contribution is -0.137. The Balaban J connectivity index is 1.91. The zero-order valence-corrected chi connectivity index (χ0v) is 17.4. The molecule has 0 aliphatic rings. The molecule has 0 saturated carbocycles. The van der Waals surface area contributed by atoms with E-state index in [1.807, 2.05) is 13.8 Å². The van der Waals surface area contributed by atoms with Crippen LogP contribution in [0.4, 0.5) is 13.2 Å². The van der Waals surface area contributed by atoms with Crippen LogP contribution in [0.3, 0.4) is 0 Å². The van der Waals surface area contributed by atoms with E-state index < -0.39 is 11.7 Å². The molecule has 162 valence electrons. The minimum absolute atomic E-state index is 0.0766. The first-order valence-corrected chi connectivity index (χ1v) is 9.82. The fourth-order valence-corrected chi connectivity index (χ4v) is 3.09. The number of carbonyl (C=O) groups is 1. The van der Waals surface area contributed by atoms with E-state index in [2.05, 4.69) is 10.2 Å². The van der Waals surface area contributed by atoms with Gasteiger partial charge in [-0.3, -0.25) is 4.79 Å². The summed E-state index contributed by atoms with van der Waals surface area (Å²) in [5.74, 6) is 0.381. The van der Waals surface area contributed by atoms with E-state index in [1.165, 1.54) is 6.07 Å². The molecule has 3 aromatic rings. The number of hydrogen-bond donors (Lipinski definition) is 0. The van der Waals surface area contributed by atoms with Crippen LogP contribution in [-0.4, -0.2) is 34.1 Å². The maximum atomic E-state index is 13.1. The molecule has 0 aliphatic heterocycles. The minimum Gasteiger partial charge on any atom is -0.437 e. The highest BCUT2D eigenvalue weighted by molar-refractivity contribution is 5.94. The number of aromatic nitrogens is 2. The number of rotatable bonds is 6. The second-order valence-electron chi connectivity index (χ2n) is 6.89. The van der Waals surface area contributed by atoms with Gasteiger partial charge in [-0.05, 0) is 68.8 Å². The fraction of sp³-hybridized carbons (Fsp3) is 0.261. The van der Waals surface area contributed by atoms with Gasteiger partial charge in [0.15, 0.2) is 0 Å². The van der Waals surface area contributed by atoms with Crippen LogP contribution in [0.1, 0.15) is 35.5 Å². The van der Waals surface area contributed by atoms with Gasteiger partial charge < -0.3 is 9.64 Å². The second-order valence-corrected chi connectivity index (χ2v) is 6.89. The van der Waals surface area contributed by atoms with Gasteiger partial charge in [-0.1, -0.05) is 12.1 Å². The average molecular weight is 429 g/mol. The standard InChI is InChI=1S/C23H22F3N3O2/c1-4-29(5-2)22(30)16-9-11-19(12-10-16)31-21-20(13-15(3)27-28-21)17-7-6-8-18(14-17)23(24,25)26/h6-14H,4-5H2,1-3H3. The molecule has 0 unspecified atom stereocenters. The van der Waals surface area contributed by atoms with E-state index in [0.717, 1.165) is 12.1 Å². The van der Waals surface area contributed by atoms with E-state index >= 15 is 0 Å². The monoisotopic (exact) mass is 429 g/mol. The Labute approximate surface area is 178 Å². The molecule has 0 N–H and O–H groups in total. The average Bonchev–Trinajstić information content (AvgIpc) is 2.76. The first kappa shape index (κ1) is 22.3. The van der Waals surface area contributed by atoms with Gasteiger partial charge in [0, 0.05) is 24.2 Å². The molecule has 0 atom stereocenters. The molecule has 0 fully saturated rings. The molecule has 1 aromatic heterocycles. The molecule has 0 aliphatic carbocycles. The Bertz CT molecular complexity index is 1060. The third-order valence-electron chi connectivity index (χ3n) is 4.75. The molecule has 31 heavy (non-hydrogen) atoms. The van der Waals surface area contributed by atoms with Crippen molar-refractivity contribution in [1.82, 2.24) is 15.1 Å². The van der Waals surface area contributed by atoms with Gasteiger partial charge in [0.2, 0.25) is 5.88 Å². The Hall–Kier alpha value is -3.42. The third-order valence-corrected chi connectivity index (χ3v) is 4.75. The summed E-state index contributed by atoms with van der Waals surface area (Å²) < 4.78 is 45.2.